The van der Waals surface area contributed by atoms with Crippen molar-refractivity contribution in [1.29, 1.82) is 0 Å². The van der Waals surface area contributed by atoms with Crippen LogP contribution in [0, 0.1) is 5.82 Å². The summed E-state index contributed by atoms with van der Waals surface area (Å²) in [5.41, 5.74) is 5.28. The standard InChI is InChI=1S/C13H18BrFN2O2S2/c1-20-13(4-2-3-5-13)8-17-21(18,19)12-7-11(16)10(15)6-9(12)14/h6-7,17H,2-5,8,16H2,1H3. The predicted octanol–water partition coefficient (Wildman–Crippen LogP) is 3.12. The van der Waals surface area contributed by atoms with Crippen LogP contribution in [0.25, 0.3) is 0 Å². The molecule has 1 fully saturated rings. The molecular weight excluding hydrogens is 379 g/mol. The first-order valence-electron chi connectivity index (χ1n) is 6.59. The van der Waals surface area contributed by atoms with E-state index in [-0.39, 0.29) is 19.8 Å². The summed E-state index contributed by atoms with van der Waals surface area (Å²) in [4.78, 5) is -0.0318. The Morgan fingerprint density at radius 2 is 2.05 bits per heavy atom. The molecule has 8 heteroatoms. The van der Waals surface area contributed by atoms with Gasteiger partial charge in [0.25, 0.3) is 0 Å². The number of hydrogen-bond donors (Lipinski definition) is 2. The van der Waals surface area contributed by atoms with Crippen LogP contribution in [-0.2, 0) is 10.0 Å². The number of anilines is 1. The zero-order valence-corrected chi connectivity index (χ0v) is 14.9. The lowest BCUT2D eigenvalue weighted by atomic mass is 10.1. The Morgan fingerprint density at radius 1 is 1.43 bits per heavy atom. The van der Waals surface area contributed by atoms with Crippen molar-refractivity contribution in [2.45, 2.75) is 35.3 Å². The van der Waals surface area contributed by atoms with Gasteiger partial charge in [-0.05, 0) is 47.2 Å². The highest BCUT2D eigenvalue weighted by Crippen LogP contribution is 2.40. The number of hydrogen-bond acceptors (Lipinski definition) is 4. The molecule has 1 aliphatic rings. The fraction of sp³-hybridized carbons (Fsp3) is 0.538. The van der Waals surface area contributed by atoms with Gasteiger partial charge in [0.2, 0.25) is 10.0 Å². The van der Waals surface area contributed by atoms with Crippen LogP contribution in [0.1, 0.15) is 25.7 Å². The molecule has 1 saturated carbocycles. The van der Waals surface area contributed by atoms with Crippen LogP contribution in [0.4, 0.5) is 10.1 Å². The smallest absolute Gasteiger partial charge is 0.241 e. The highest BCUT2D eigenvalue weighted by Gasteiger charge is 2.34. The first kappa shape index (κ1) is 17.1. The molecule has 4 nitrogen and oxygen atoms in total. The lowest BCUT2D eigenvalue weighted by Crippen LogP contribution is -2.38. The summed E-state index contributed by atoms with van der Waals surface area (Å²) in [5, 5.41) is 0. The molecule has 0 aliphatic heterocycles. The fourth-order valence-corrected chi connectivity index (χ4v) is 5.71. The van der Waals surface area contributed by atoms with E-state index in [4.69, 9.17) is 5.73 Å². The summed E-state index contributed by atoms with van der Waals surface area (Å²) in [6.45, 7) is 0.375. The van der Waals surface area contributed by atoms with Crippen LogP contribution >= 0.6 is 27.7 Å². The highest BCUT2D eigenvalue weighted by molar-refractivity contribution is 9.10. The van der Waals surface area contributed by atoms with E-state index in [2.05, 4.69) is 20.7 Å². The van der Waals surface area contributed by atoms with E-state index in [1.54, 1.807) is 11.8 Å². The SMILES string of the molecule is CSC1(CNS(=O)(=O)c2cc(N)c(F)cc2Br)CCCC1. The predicted molar refractivity (Wildman–Crippen MR) is 88.4 cm³/mol. The topological polar surface area (TPSA) is 72.2 Å². The number of halogens is 2. The maximum Gasteiger partial charge on any atom is 0.241 e. The van der Waals surface area contributed by atoms with Gasteiger partial charge in [-0.25, -0.2) is 17.5 Å². The second kappa shape index (κ2) is 6.44. The van der Waals surface area contributed by atoms with Crippen molar-refractivity contribution in [3.05, 3.63) is 22.4 Å². The highest BCUT2D eigenvalue weighted by atomic mass is 79.9. The minimum absolute atomic E-state index is 0.0318. The van der Waals surface area contributed by atoms with E-state index >= 15 is 0 Å². The van der Waals surface area contributed by atoms with Gasteiger partial charge in [-0.15, -0.1) is 0 Å². The van der Waals surface area contributed by atoms with Gasteiger partial charge in [0, 0.05) is 15.8 Å². The maximum absolute atomic E-state index is 13.3. The molecule has 3 N–H and O–H groups in total. The molecule has 0 spiro atoms. The third-order valence-corrected chi connectivity index (χ3v) is 7.65. The molecule has 0 bridgehead atoms. The van der Waals surface area contributed by atoms with E-state index in [0.29, 0.717) is 6.54 Å². The van der Waals surface area contributed by atoms with Gasteiger partial charge >= 0.3 is 0 Å². The average Bonchev–Trinajstić information content (AvgIpc) is 2.90. The molecule has 1 aliphatic carbocycles. The first-order valence-corrected chi connectivity index (χ1v) is 10.1. The summed E-state index contributed by atoms with van der Waals surface area (Å²) >= 11 is 4.78. The van der Waals surface area contributed by atoms with Gasteiger partial charge in [-0.3, -0.25) is 0 Å². The molecule has 0 aromatic heterocycles. The lowest BCUT2D eigenvalue weighted by Gasteiger charge is -2.27. The van der Waals surface area contributed by atoms with Crippen molar-refractivity contribution in [3.8, 4) is 0 Å². The van der Waals surface area contributed by atoms with E-state index in [0.717, 1.165) is 37.8 Å². The zero-order chi connectivity index (χ0) is 15.7. The molecule has 0 amide bonds. The first-order chi connectivity index (χ1) is 9.80. The molecule has 21 heavy (non-hydrogen) atoms. The van der Waals surface area contributed by atoms with Crippen LogP contribution in [0.3, 0.4) is 0 Å². The van der Waals surface area contributed by atoms with Crippen LogP contribution in [0.15, 0.2) is 21.5 Å². The van der Waals surface area contributed by atoms with Crippen molar-refractivity contribution in [2.75, 3.05) is 18.5 Å². The fourth-order valence-electron chi connectivity index (χ4n) is 2.53. The van der Waals surface area contributed by atoms with E-state index in [9.17, 15) is 12.8 Å². The van der Waals surface area contributed by atoms with Crippen molar-refractivity contribution >= 4 is 43.4 Å². The molecular formula is C13H18BrFN2O2S2. The summed E-state index contributed by atoms with van der Waals surface area (Å²) in [6, 6.07) is 2.21. The molecule has 1 aromatic carbocycles. The molecule has 0 radical (unpaired) electrons. The number of nitrogen functional groups attached to an aromatic ring is 1. The van der Waals surface area contributed by atoms with Crippen molar-refractivity contribution in [3.63, 3.8) is 0 Å². The molecule has 0 heterocycles. The van der Waals surface area contributed by atoms with Gasteiger partial charge in [0.1, 0.15) is 5.82 Å². The van der Waals surface area contributed by atoms with Crippen molar-refractivity contribution < 1.29 is 12.8 Å². The Labute approximate surface area is 137 Å². The molecule has 0 saturated heterocycles. The largest absolute Gasteiger partial charge is 0.396 e. The lowest BCUT2D eigenvalue weighted by molar-refractivity contribution is 0.550. The number of benzene rings is 1. The number of nitrogens with one attached hydrogen (secondary N) is 1. The van der Waals surface area contributed by atoms with Crippen LogP contribution < -0.4 is 10.5 Å². The third kappa shape index (κ3) is 3.72. The van der Waals surface area contributed by atoms with Gasteiger partial charge in [-0.2, -0.15) is 11.8 Å². The summed E-state index contributed by atoms with van der Waals surface area (Å²) in [6.07, 6.45) is 6.25. The van der Waals surface area contributed by atoms with Gasteiger partial charge in [-0.1, -0.05) is 12.8 Å². The second-order valence-electron chi connectivity index (χ2n) is 5.22. The van der Waals surface area contributed by atoms with E-state index < -0.39 is 15.8 Å². The molecule has 118 valence electrons. The molecule has 1 aromatic rings. The van der Waals surface area contributed by atoms with Crippen LogP contribution in [0.2, 0.25) is 0 Å². The van der Waals surface area contributed by atoms with Crippen molar-refractivity contribution in [2.24, 2.45) is 0 Å². The third-order valence-electron chi connectivity index (χ3n) is 3.87. The van der Waals surface area contributed by atoms with Gasteiger partial charge < -0.3 is 5.73 Å². The van der Waals surface area contributed by atoms with Crippen LogP contribution in [0.5, 0.6) is 0 Å². The second-order valence-corrected chi connectivity index (χ2v) is 9.09. The number of nitrogens with two attached hydrogens (primary N) is 1. The Bertz CT molecular complexity index is 631. The maximum atomic E-state index is 13.3. The molecule has 0 unspecified atom stereocenters. The Balaban J connectivity index is 2.21. The number of sulfonamides is 1. The van der Waals surface area contributed by atoms with Gasteiger partial charge in [0.15, 0.2) is 0 Å². The number of thioether (sulfide) groups is 1. The van der Waals surface area contributed by atoms with Gasteiger partial charge in [0.05, 0.1) is 10.6 Å². The average molecular weight is 397 g/mol. The minimum atomic E-state index is -3.72. The normalized spacial score (nSPS) is 18.0. The molecule has 2 rings (SSSR count). The Hall–Kier alpha value is -0.310. The minimum Gasteiger partial charge on any atom is -0.396 e. The van der Waals surface area contributed by atoms with E-state index in [1.807, 2.05) is 6.26 Å². The van der Waals surface area contributed by atoms with E-state index in [1.165, 1.54) is 0 Å². The quantitative estimate of drug-likeness (QED) is 0.749. The number of rotatable bonds is 5. The monoisotopic (exact) mass is 396 g/mol. The summed E-state index contributed by atoms with van der Waals surface area (Å²) in [5.74, 6) is -0.641. The molecule has 0 atom stereocenters. The Morgan fingerprint density at radius 3 is 2.62 bits per heavy atom. The Kier molecular flexibility index (Phi) is 5.23. The zero-order valence-electron chi connectivity index (χ0n) is 11.7. The summed E-state index contributed by atoms with van der Waals surface area (Å²) in [7, 11) is -3.72. The van der Waals surface area contributed by atoms with Crippen molar-refractivity contribution in [1.82, 2.24) is 4.72 Å². The van der Waals surface area contributed by atoms with Crippen LogP contribution in [-0.4, -0.2) is 26.0 Å². The summed E-state index contributed by atoms with van der Waals surface area (Å²) < 4.78 is 40.9.